The summed E-state index contributed by atoms with van der Waals surface area (Å²) in [5.74, 6) is 0.0551. The van der Waals surface area contributed by atoms with Gasteiger partial charge < -0.3 is 24.4 Å². The number of nitrogens with one attached hydrogen (secondary N) is 1. The van der Waals surface area contributed by atoms with Crippen LogP contribution >= 0.6 is 0 Å². The molecule has 10 heteroatoms. The van der Waals surface area contributed by atoms with Crippen LogP contribution in [0.2, 0.25) is 0 Å². The van der Waals surface area contributed by atoms with Crippen LogP contribution in [0.1, 0.15) is 82.0 Å². The van der Waals surface area contributed by atoms with Crippen LogP contribution in [-0.4, -0.2) is 63.8 Å². The lowest BCUT2D eigenvalue weighted by Crippen LogP contribution is -2.50. The van der Waals surface area contributed by atoms with E-state index in [2.05, 4.69) is 37.5 Å². The number of aryl methyl sites for hydroxylation is 1. The highest BCUT2D eigenvalue weighted by molar-refractivity contribution is 5.89. The van der Waals surface area contributed by atoms with Crippen molar-refractivity contribution in [2.75, 3.05) is 25.0 Å². The number of carbonyl (C=O) groups excluding carboxylic acids is 2. The number of amides is 2. The fourth-order valence-electron chi connectivity index (χ4n) is 4.79. The Kier molecular flexibility index (Phi) is 8.70. The molecule has 2 amide bonds. The first kappa shape index (κ1) is 30.0. The largest absolute Gasteiger partial charge is 0.444 e. The summed E-state index contributed by atoms with van der Waals surface area (Å²) in [5.41, 5.74) is 4.36. The van der Waals surface area contributed by atoms with Gasteiger partial charge in [0.25, 0.3) is 0 Å². The van der Waals surface area contributed by atoms with Crippen LogP contribution in [0.15, 0.2) is 41.2 Å². The van der Waals surface area contributed by atoms with Gasteiger partial charge in [-0.2, -0.15) is 4.98 Å². The van der Waals surface area contributed by atoms with Crippen molar-refractivity contribution in [3.05, 3.63) is 59.5 Å². The highest BCUT2D eigenvalue weighted by Gasteiger charge is 2.30. The molecule has 1 fully saturated rings. The third-order valence-corrected chi connectivity index (χ3v) is 7.15. The summed E-state index contributed by atoms with van der Waals surface area (Å²) in [6.07, 6.45) is 5.27. The number of benzene rings is 1. The van der Waals surface area contributed by atoms with Gasteiger partial charge in [-0.1, -0.05) is 44.1 Å². The number of likely N-dealkylation sites (N-methyl/N-ethyl adjacent to an activating group) is 1. The lowest BCUT2D eigenvalue weighted by atomic mass is 9.96. The third-order valence-electron chi connectivity index (χ3n) is 7.15. The smallest absolute Gasteiger partial charge is 0.410 e. The molecule has 3 heterocycles. The minimum Gasteiger partial charge on any atom is -0.444 e. The number of ether oxygens (including phenoxy) is 1. The summed E-state index contributed by atoms with van der Waals surface area (Å²) < 4.78 is 10.8. The van der Waals surface area contributed by atoms with Gasteiger partial charge in [-0.25, -0.2) is 4.79 Å². The predicted molar refractivity (Wildman–Crippen MR) is 158 cm³/mol. The van der Waals surface area contributed by atoms with E-state index in [4.69, 9.17) is 9.26 Å². The molecule has 220 valence electrons. The number of pyridine rings is 1. The lowest BCUT2D eigenvalue weighted by Gasteiger charge is -2.39. The molecule has 1 aromatic carbocycles. The highest BCUT2D eigenvalue weighted by atomic mass is 16.6. The summed E-state index contributed by atoms with van der Waals surface area (Å²) >= 11 is 0. The van der Waals surface area contributed by atoms with Crippen molar-refractivity contribution >= 4 is 17.7 Å². The minimum absolute atomic E-state index is 0.0391. The molecule has 2 aromatic heterocycles. The van der Waals surface area contributed by atoms with Crippen LogP contribution in [0.3, 0.4) is 0 Å². The number of aromatic nitrogens is 3. The number of hydrogen-bond donors (Lipinski definition) is 1. The third kappa shape index (κ3) is 7.42. The van der Waals surface area contributed by atoms with Crippen molar-refractivity contribution in [2.24, 2.45) is 0 Å². The molecule has 1 unspecified atom stereocenters. The first-order chi connectivity index (χ1) is 19.2. The second kappa shape index (κ2) is 11.9. The van der Waals surface area contributed by atoms with Gasteiger partial charge in [-0.3, -0.25) is 9.78 Å². The van der Waals surface area contributed by atoms with Gasteiger partial charge in [0.2, 0.25) is 0 Å². The standard InChI is InChI=1S/C31H42N6O4/c1-20-16-21(11-12-22(20)17-33-26(38)27-34-28(35-41-27)30(2,3)4)24-13-14-32-18-25(24)37-15-9-10-23(19-37)36(8)29(39)40-31(5,6)7/h11-14,16,18,23H,9-10,15,17,19H2,1-8H3,(H,33,38). The zero-order valence-corrected chi connectivity index (χ0v) is 25.4. The molecular formula is C31H42N6O4. The van der Waals surface area contributed by atoms with Crippen molar-refractivity contribution in [3.63, 3.8) is 0 Å². The highest BCUT2D eigenvalue weighted by Crippen LogP contribution is 2.33. The fraction of sp³-hybridized carbons (Fsp3) is 0.516. The molecule has 1 atom stereocenters. The predicted octanol–water partition coefficient (Wildman–Crippen LogP) is 5.50. The first-order valence-corrected chi connectivity index (χ1v) is 14.1. The van der Waals surface area contributed by atoms with E-state index in [9.17, 15) is 9.59 Å². The summed E-state index contributed by atoms with van der Waals surface area (Å²) in [6.45, 7) is 15.5. The average Bonchev–Trinajstić information content (AvgIpc) is 3.42. The Labute approximate surface area is 242 Å². The summed E-state index contributed by atoms with van der Waals surface area (Å²) in [6, 6.07) is 8.27. The Balaban J connectivity index is 1.46. The molecule has 0 bridgehead atoms. The molecular weight excluding hydrogens is 520 g/mol. The van der Waals surface area contributed by atoms with Gasteiger partial charge >= 0.3 is 17.9 Å². The van der Waals surface area contributed by atoms with Gasteiger partial charge in [-0.15, -0.1) is 0 Å². The van der Waals surface area contributed by atoms with E-state index in [1.165, 1.54) is 0 Å². The Morgan fingerprint density at radius 1 is 1.17 bits per heavy atom. The molecule has 1 saturated heterocycles. The summed E-state index contributed by atoms with van der Waals surface area (Å²) in [7, 11) is 1.81. The molecule has 4 rings (SSSR count). The normalized spacial score (nSPS) is 15.9. The van der Waals surface area contributed by atoms with E-state index in [1.54, 1.807) is 11.1 Å². The molecule has 0 saturated carbocycles. The number of carbonyl (C=O) groups is 2. The Hall–Kier alpha value is -3.95. The van der Waals surface area contributed by atoms with E-state index in [-0.39, 0.29) is 23.4 Å². The maximum atomic E-state index is 12.7. The van der Waals surface area contributed by atoms with E-state index in [1.807, 2.05) is 73.8 Å². The quantitative estimate of drug-likeness (QED) is 0.419. The van der Waals surface area contributed by atoms with Crippen molar-refractivity contribution in [2.45, 2.75) is 84.9 Å². The van der Waals surface area contributed by atoms with E-state index in [0.29, 0.717) is 18.9 Å². The Morgan fingerprint density at radius 3 is 2.59 bits per heavy atom. The van der Waals surface area contributed by atoms with Crippen LogP contribution in [0.5, 0.6) is 0 Å². The maximum Gasteiger partial charge on any atom is 0.410 e. The van der Waals surface area contributed by atoms with E-state index < -0.39 is 11.5 Å². The van der Waals surface area contributed by atoms with Crippen molar-refractivity contribution in [1.82, 2.24) is 25.3 Å². The number of hydrogen-bond acceptors (Lipinski definition) is 8. The van der Waals surface area contributed by atoms with Gasteiger partial charge in [0.15, 0.2) is 5.82 Å². The second-order valence-electron chi connectivity index (χ2n) is 12.7. The topological polar surface area (TPSA) is 114 Å². The van der Waals surface area contributed by atoms with Crippen molar-refractivity contribution < 1.29 is 18.8 Å². The number of rotatable bonds is 6. The van der Waals surface area contributed by atoms with E-state index >= 15 is 0 Å². The minimum atomic E-state index is -0.536. The van der Waals surface area contributed by atoms with Crippen LogP contribution in [0.25, 0.3) is 11.1 Å². The lowest BCUT2D eigenvalue weighted by molar-refractivity contribution is 0.0209. The van der Waals surface area contributed by atoms with Crippen LogP contribution in [0.4, 0.5) is 10.5 Å². The second-order valence-corrected chi connectivity index (χ2v) is 12.7. The molecule has 10 nitrogen and oxygen atoms in total. The van der Waals surface area contributed by atoms with Gasteiger partial charge in [0, 0.05) is 43.9 Å². The first-order valence-electron chi connectivity index (χ1n) is 14.1. The molecule has 1 N–H and O–H groups in total. The molecule has 1 aliphatic rings. The van der Waals surface area contributed by atoms with Gasteiger partial charge in [-0.05, 0) is 63.3 Å². The van der Waals surface area contributed by atoms with Crippen LogP contribution in [0, 0.1) is 6.92 Å². The van der Waals surface area contributed by atoms with Crippen molar-refractivity contribution in [3.8, 4) is 11.1 Å². The fourth-order valence-corrected chi connectivity index (χ4v) is 4.79. The molecule has 41 heavy (non-hydrogen) atoms. The van der Waals surface area contributed by atoms with Crippen molar-refractivity contribution in [1.29, 1.82) is 0 Å². The van der Waals surface area contributed by atoms with E-state index in [0.717, 1.165) is 47.3 Å². The van der Waals surface area contributed by atoms with Gasteiger partial charge in [0.05, 0.1) is 17.9 Å². The average molecular weight is 563 g/mol. The van der Waals surface area contributed by atoms with Gasteiger partial charge in [0.1, 0.15) is 5.60 Å². The molecule has 0 spiro atoms. The monoisotopic (exact) mass is 562 g/mol. The zero-order valence-electron chi connectivity index (χ0n) is 25.4. The SMILES string of the molecule is Cc1cc(-c2ccncc2N2CCCC(N(C)C(=O)OC(C)(C)C)C2)ccc1CNC(=O)c1nc(C(C)(C)C)no1. The molecule has 3 aromatic rings. The zero-order chi connectivity index (χ0) is 29.9. The maximum absolute atomic E-state index is 12.7. The number of anilines is 1. The van der Waals surface area contributed by atoms with Crippen LogP contribution < -0.4 is 10.2 Å². The molecule has 1 aliphatic heterocycles. The molecule has 0 aliphatic carbocycles. The Morgan fingerprint density at radius 2 is 1.93 bits per heavy atom. The van der Waals surface area contributed by atoms with Crippen LogP contribution in [-0.2, 0) is 16.7 Å². The summed E-state index contributed by atoms with van der Waals surface area (Å²) in [4.78, 5) is 38.0. The summed E-state index contributed by atoms with van der Waals surface area (Å²) in [5, 5.41) is 6.81. The number of piperidine rings is 1. The number of nitrogens with zero attached hydrogens (tertiary/aromatic N) is 5. The molecule has 0 radical (unpaired) electrons. The Bertz CT molecular complexity index is 1390.